The molecule has 1 aromatic rings. The molecule has 0 aliphatic carbocycles. The molecule has 0 spiro atoms. The van der Waals surface area contributed by atoms with E-state index in [-0.39, 0.29) is 23.7 Å². The summed E-state index contributed by atoms with van der Waals surface area (Å²) in [5.74, 6) is 0.753. The molecule has 2 saturated heterocycles. The summed E-state index contributed by atoms with van der Waals surface area (Å²) in [6.07, 6.45) is 1.72. The van der Waals surface area contributed by atoms with Crippen LogP contribution in [0.4, 0.5) is 0 Å². The summed E-state index contributed by atoms with van der Waals surface area (Å²) in [5, 5.41) is 20.3. The van der Waals surface area contributed by atoms with Crippen LogP contribution in [0, 0.1) is 5.92 Å². The van der Waals surface area contributed by atoms with Gasteiger partial charge in [-0.15, -0.1) is 0 Å². The average molecular weight is 304 g/mol. The molecule has 2 N–H and O–H groups in total. The third-order valence-corrected chi connectivity index (χ3v) is 5.92. The second kappa shape index (κ2) is 5.18. The topological polar surface area (TPSA) is 65.7 Å². The second-order valence-corrected chi connectivity index (χ2v) is 7.29. The molecule has 0 amide bonds. The Labute approximate surface area is 130 Å². The first-order chi connectivity index (χ1) is 10.5. The Morgan fingerprint density at radius 3 is 2.82 bits per heavy atom. The fraction of sp³-hybridized carbons (Fsp3) is 0.706. The van der Waals surface area contributed by atoms with Crippen LogP contribution in [-0.2, 0) is 6.54 Å². The minimum atomic E-state index is -0.436. The van der Waals surface area contributed by atoms with E-state index in [1.807, 2.05) is 17.6 Å². The molecule has 6 atom stereocenters. The van der Waals surface area contributed by atoms with E-state index in [0.717, 1.165) is 31.6 Å². The van der Waals surface area contributed by atoms with E-state index in [1.54, 1.807) is 6.07 Å². The molecule has 5 nitrogen and oxygen atoms in total. The fourth-order valence-corrected chi connectivity index (χ4v) is 4.96. The number of aliphatic hydroxyl groups is 2. The van der Waals surface area contributed by atoms with Gasteiger partial charge in [0, 0.05) is 42.9 Å². The Hall–Kier alpha value is -1.17. The summed E-state index contributed by atoms with van der Waals surface area (Å²) >= 11 is 0. The highest BCUT2D eigenvalue weighted by molar-refractivity contribution is 5.19. The molecule has 4 rings (SSSR count). The summed E-state index contributed by atoms with van der Waals surface area (Å²) in [5.41, 5.74) is 1.22. The molecular weight excluding hydrogens is 280 g/mol. The van der Waals surface area contributed by atoms with Gasteiger partial charge < -0.3 is 14.8 Å². The van der Waals surface area contributed by atoms with Gasteiger partial charge in [0.25, 0.3) is 5.56 Å². The van der Waals surface area contributed by atoms with Gasteiger partial charge in [-0.2, -0.15) is 0 Å². The van der Waals surface area contributed by atoms with Crippen molar-refractivity contribution in [3.63, 3.8) is 0 Å². The van der Waals surface area contributed by atoms with Crippen LogP contribution in [0.2, 0.25) is 0 Å². The number of aromatic nitrogens is 1. The number of rotatable bonds is 1. The van der Waals surface area contributed by atoms with Crippen molar-refractivity contribution in [3.8, 4) is 0 Å². The maximum absolute atomic E-state index is 12.2. The van der Waals surface area contributed by atoms with Gasteiger partial charge in [0.05, 0.1) is 12.2 Å². The van der Waals surface area contributed by atoms with Gasteiger partial charge >= 0.3 is 0 Å². The van der Waals surface area contributed by atoms with E-state index in [1.165, 1.54) is 0 Å². The standard InChI is InChI=1S/C17H24N2O3/c1-10(20)15-6-13(21)7-16-12-5-11(8-18(15)16)14-3-2-4-17(22)19(14)9-12/h2-4,10-13,15-16,20-21H,5-9H2,1H3/t10-,11-,12-,13+,15+,16-/m1/s1. The third-order valence-electron chi connectivity index (χ3n) is 5.92. The van der Waals surface area contributed by atoms with Crippen molar-refractivity contribution < 1.29 is 10.2 Å². The third kappa shape index (κ3) is 2.14. The minimum Gasteiger partial charge on any atom is -0.393 e. The molecule has 0 unspecified atom stereocenters. The number of hydrogen-bond donors (Lipinski definition) is 2. The Morgan fingerprint density at radius 2 is 2.05 bits per heavy atom. The van der Waals surface area contributed by atoms with Gasteiger partial charge in [0.1, 0.15) is 0 Å². The van der Waals surface area contributed by atoms with Crippen molar-refractivity contribution in [2.75, 3.05) is 6.54 Å². The molecular formula is C17H24N2O3. The molecule has 3 aliphatic rings. The van der Waals surface area contributed by atoms with Gasteiger partial charge in [-0.25, -0.2) is 0 Å². The monoisotopic (exact) mass is 304 g/mol. The molecule has 2 fully saturated rings. The van der Waals surface area contributed by atoms with Gasteiger partial charge in [0.2, 0.25) is 0 Å². The molecule has 0 aromatic carbocycles. The molecule has 2 bridgehead atoms. The number of piperidine rings is 2. The smallest absolute Gasteiger partial charge is 0.250 e. The number of hydrogen-bond acceptors (Lipinski definition) is 4. The number of fused-ring (bicyclic) bond motifs is 6. The van der Waals surface area contributed by atoms with E-state index in [9.17, 15) is 15.0 Å². The van der Waals surface area contributed by atoms with Crippen molar-refractivity contribution in [2.24, 2.45) is 5.92 Å². The van der Waals surface area contributed by atoms with E-state index >= 15 is 0 Å². The normalized spacial score (nSPS) is 39.0. The Bertz CT molecular complexity index is 627. The highest BCUT2D eigenvalue weighted by Crippen LogP contribution is 2.43. The average Bonchev–Trinajstić information content (AvgIpc) is 2.48. The Kier molecular flexibility index (Phi) is 3.40. The summed E-state index contributed by atoms with van der Waals surface area (Å²) in [6.45, 7) is 3.45. The van der Waals surface area contributed by atoms with Gasteiger partial charge in [0.15, 0.2) is 0 Å². The summed E-state index contributed by atoms with van der Waals surface area (Å²) in [4.78, 5) is 14.6. The number of pyridine rings is 1. The molecule has 5 heteroatoms. The van der Waals surface area contributed by atoms with Crippen LogP contribution in [-0.4, -0.2) is 50.5 Å². The molecule has 0 saturated carbocycles. The van der Waals surface area contributed by atoms with Crippen molar-refractivity contribution >= 4 is 0 Å². The highest BCUT2D eigenvalue weighted by atomic mass is 16.3. The van der Waals surface area contributed by atoms with E-state index < -0.39 is 6.10 Å². The Balaban J connectivity index is 1.72. The highest BCUT2D eigenvalue weighted by Gasteiger charge is 2.47. The largest absolute Gasteiger partial charge is 0.393 e. The van der Waals surface area contributed by atoms with Crippen molar-refractivity contribution in [3.05, 3.63) is 34.2 Å². The van der Waals surface area contributed by atoms with E-state index in [4.69, 9.17) is 0 Å². The van der Waals surface area contributed by atoms with Crippen LogP contribution in [0.15, 0.2) is 23.0 Å². The molecule has 4 heterocycles. The predicted octanol–water partition coefficient (Wildman–Crippen LogP) is 0.540. The first-order valence-corrected chi connectivity index (χ1v) is 8.36. The molecule has 120 valence electrons. The van der Waals surface area contributed by atoms with Crippen LogP contribution in [0.5, 0.6) is 0 Å². The number of aliphatic hydroxyl groups excluding tert-OH is 2. The predicted molar refractivity (Wildman–Crippen MR) is 82.8 cm³/mol. The Morgan fingerprint density at radius 1 is 1.23 bits per heavy atom. The zero-order valence-corrected chi connectivity index (χ0v) is 12.9. The van der Waals surface area contributed by atoms with Crippen molar-refractivity contribution in [2.45, 2.75) is 62.9 Å². The van der Waals surface area contributed by atoms with E-state index in [2.05, 4.69) is 11.0 Å². The van der Waals surface area contributed by atoms with Crippen LogP contribution in [0.3, 0.4) is 0 Å². The van der Waals surface area contributed by atoms with Gasteiger partial charge in [-0.1, -0.05) is 6.07 Å². The zero-order valence-electron chi connectivity index (χ0n) is 12.9. The second-order valence-electron chi connectivity index (χ2n) is 7.29. The molecule has 22 heavy (non-hydrogen) atoms. The van der Waals surface area contributed by atoms with E-state index in [0.29, 0.717) is 18.3 Å². The SMILES string of the molecule is C[C@@H](O)[C@@H]1C[C@H](O)C[C@@H]2[C@@H]3C[C@H](CN21)c1cccc(=O)n1C3. The fourth-order valence-electron chi connectivity index (χ4n) is 4.96. The van der Waals surface area contributed by atoms with Crippen molar-refractivity contribution in [1.29, 1.82) is 0 Å². The maximum atomic E-state index is 12.2. The van der Waals surface area contributed by atoms with Gasteiger partial charge in [-0.3, -0.25) is 9.69 Å². The zero-order chi connectivity index (χ0) is 15.4. The lowest BCUT2D eigenvalue weighted by Gasteiger charge is -2.55. The van der Waals surface area contributed by atoms with Gasteiger partial charge in [-0.05, 0) is 38.2 Å². The molecule has 0 radical (unpaired) electrons. The van der Waals surface area contributed by atoms with Crippen LogP contribution < -0.4 is 5.56 Å². The minimum absolute atomic E-state index is 0.0287. The summed E-state index contributed by atoms with van der Waals surface area (Å²) in [7, 11) is 0. The molecule has 1 aromatic heterocycles. The van der Waals surface area contributed by atoms with Crippen LogP contribution in [0.25, 0.3) is 0 Å². The summed E-state index contributed by atoms with van der Waals surface area (Å²) < 4.78 is 1.93. The summed E-state index contributed by atoms with van der Waals surface area (Å²) in [6, 6.07) is 5.86. The van der Waals surface area contributed by atoms with Crippen LogP contribution >= 0.6 is 0 Å². The first-order valence-electron chi connectivity index (χ1n) is 8.36. The maximum Gasteiger partial charge on any atom is 0.250 e. The van der Waals surface area contributed by atoms with Crippen LogP contribution in [0.1, 0.15) is 37.8 Å². The quantitative estimate of drug-likeness (QED) is 0.795. The first kappa shape index (κ1) is 14.4. The number of nitrogens with zero attached hydrogens (tertiary/aromatic N) is 2. The van der Waals surface area contributed by atoms with Crippen molar-refractivity contribution in [1.82, 2.24) is 9.47 Å². The lowest BCUT2D eigenvalue weighted by Crippen LogP contribution is -2.62. The lowest BCUT2D eigenvalue weighted by atomic mass is 9.73. The lowest BCUT2D eigenvalue weighted by molar-refractivity contribution is -0.0898. The molecule has 3 aliphatic heterocycles.